The van der Waals surface area contributed by atoms with Crippen molar-refractivity contribution >= 4 is 11.6 Å². The van der Waals surface area contributed by atoms with Crippen LogP contribution in [0.5, 0.6) is 5.75 Å². The number of nitrogens with one attached hydrogen (secondary N) is 1. The Morgan fingerprint density at radius 1 is 1.10 bits per heavy atom. The predicted molar refractivity (Wildman–Crippen MR) is 113 cm³/mol. The summed E-state index contributed by atoms with van der Waals surface area (Å²) in [6.45, 7) is 4.64. The van der Waals surface area contributed by atoms with Gasteiger partial charge >= 0.3 is 0 Å². The summed E-state index contributed by atoms with van der Waals surface area (Å²) >= 11 is 0. The summed E-state index contributed by atoms with van der Waals surface area (Å²) < 4.78 is 22.0. The predicted octanol–water partition coefficient (Wildman–Crippen LogP) is 4.44. The van der Waals surface area contributed by atoms with Gasteiger partial charge in [0.2, 0.25) is 0 Å². The Morgan fingerprint density at radius 3 is 2.80 bits per heavy atom. The Bertz CT molecular complexity index is 1080. The molecule has 0 radical (unpaired) electrons. The first-order chi connectivity index (χ1) is 14.5. The molecular weight excluding hydrogens is 383 g/mol. The van der Waals surface area contributed by atoms with Crippen molar-refractivity contribution in [2.45, 2.75) is 46.1 Å². The van der Waals surface area contributed by atoms with Gasteiger partial charge in [-0.05, 0) is 68.1 Å². The molecule has 1 amide bonds. The molecule has 2 aromatic carbocycles. The maximum Gasteiger partial charge on any atom is 0.262 e. The van der Waals surface area contributed by atoms with Crippen LogP contribution in [0.4, 0.5) is 10.1 Å². The number of rotatable bonds is 5. The van der Waals surface area contributed by atoms with Crippen molar-refractivity contribution in [2.75, 3.05) is 11.9 Å². The van der Waals surface area contributed by atoms with Crippen LogP contribution in [0.2, 0.25) is 0 Å². The van der Waals surface area contributed by atoms with E-state index in [0.717, 1.165) is 54.7 Å². The monoisotopic (exact) mass is 408 g/mol. The molecule has 1 aliphatic rings. The maximum atomic E-state index is 14.3. The Morgan fingerprint density at radius 2 is 1.97 bits per heavy atom. The Labute approximate surface area is 175 Å². The topological polar surface area (TPSA) is 69.0 Å². The first-order valence-electron chi connectivity index (χ1n) is 10.2. The van der Waals surface area contributed by atoms with Gasteiger partial charge in [-0.2, -0.15) is 0 Å². The number of carbonyl (C=O) groups excluding carboxylic acids is 1. The SMILES string of the molecule is Cc1ccc(OCC(=O)Nc2cc(-c3nnc4n3CCCCC4)ccc2F)cc1C. The molecule has 0 atom stereocenters. The van der Waals surface area contributed by atoms with E-state index >= 15 is 0 Å². The van der Waals surface area contributed by atoms with E-state index in [1.165, 1.54) is 6.07 Å². The fraction of sp³-hybridized carbons (Fsp3) is 0.348. The van der Waals surface area contributed by atoms with Crippen molar-refractivity contribution in [1.82, 2.24) is 14.8 Å². The number of ether oxygens (including phenoxy) is 1. The molecule has 0 saturated heterocycles. The summed E-state index contributed by atoms with van der Waals surface area (Å²) in [5, 5.41) is 11.2. The second kappa shape index (κ2) is 8.65. The number of anilines is 1. The molecule has 30 heavy (non-hydrogen) atoms. The number of amides is 1. The molecule has 0 saturated carbocycles. The van der Waals surface area contributed by atoms with Gasteiger partial charge < -0.3 is 14.6 Å². The van der Waals surface area contributed by atoms with Crippen LogP contribution in [0.1, 0.15) is 36.2 Å². The zero-order valence-corrected chi connectivity index (χ0v) is 17.2. The van der Waals surface area contributed by atoms with Gasteiger partial charge in [0.25, 0.3) is 5.91 Å². The highest BCUT2D eigenvalue weighted by Crippen LogP contribution is 2.26. The number of nitrogens with zero attached hydrogens (tertiary/aromatic N) is 3. The molecule has 1 aliphatic heterocycles. The zero-order valence-electron chi connectivity index (χ0n) is 17.2. The van der Waals surface area contributed by atoms with E-state index < -0.39 is 11.7 Å². The average Bonchev–Trinajstić information content (AvgIpc) is 2.98. The standard InChI is InChI=1S/C23H25FN4O2/c1-15-7-9-18(12-16(15)2)30-14-22(29)25-20-13-17(8-10-19(20)24)23-27-26-21-6-4-3-5-11-28(21)23/h7-10,12-13H,3-6,11,14H2,1-2H3,(H,25,29). The number of aromatic nitrogens is 3. The minimum atomic E-state index is -0.506. The summed E-state index contributed by atoms with van der Waals surface area (Å²) in [6.07, 6.45) is 4.23. The van der Waals surface area contributed by atoms with Crippen molar-refractivity contribution in [2.24, 2.45) is 0 Å². The van der Waals surface area contributed by atoms with Crippen LogP contribution in [0.3, 0.4) is 0 Å². The number of aryl methyl sites for hydroxylation is 3. The lowest BCUT2D eigenvalue weighted by atomic mass is 10.1. The van der Waals surface area contributed by atoms with E-state index in [4.69, 9.17) is 4.74 Å². The number of fused-ring (bicyclic) bond motifs is 1. The highest BCUT2D eigenvalue weighted by Gasteiger charge is 2.18. The number of halogens is 1. The normalized spacial score (nSPS) is 13.4. The highest BCUT2D eigenvalue weighted by molar-refractivity contribution is 5.92. The molecule has 0 fully saturated rings. The second-order valence-corrected chi connectivity index (χ2v) is 7.68. The summed E-state index contributed by atoms with van der Waals surface area (Å²) in [4.78, 5) is 12.3. The van der Waals surface area contributed by atoms with Gasteiger partial charge in [0, 0.05) is 18.5 Å². The quantitative estimate of drug-likeness (QED) is 0.677. The number of hydrogen-bond donors (Lipinski definition) is 1. The first kappa shape index (κ1) is 20.1. The molecule has 0 spiro atoms. The third-order valence-electron chi connectivity index (χ3n) is 5.46. The molecule has 3 aromatic rings. The van der Waals surface area contributed by atoms with Crippen LogP contribution in [0, 0.1) is 19.7 Å². The Kier molecular flexibility index (Phi) is 5.79. The summed E-state index contributed by atoms with van der Waals surface area (Å²) in [5.41, 5.74) is 3.06. The molecule has 1 aromatic heterocycles. The summed E-state index contributed by atoms with van der Waals surface area (Å²) in [5.74, 6) is 1.33. The van der Waals surface area contributed by atoms with Gasteiger partial charge in [-0.3, -0.25) is 4.79 Å². The van der Waals surface area contributed by atoms with E-state index in [1.54, 1.807) is 12.1 Å². The lowest BCUT2D eigenvalue weighted by molar-refractivity contribution is -0.118. The molecule has 0 aliphatic carbocycles. The third kappa shape index (κ3) is 4.35. The maximum absolute atomic E-state index is 14.3. The summed E-state index contributed by atoms with van der Waals surface area (Å²) in [6, 6.07) is 10.2. The van der Waals surface area contributed by atoms with Crippen molar-refractivity contribution in [3.05, 3.63) is 59.2 Å². The summed E-state index contributed by atoms with van der Waals surface area (Å²) in [7, 11) is 0. The van der Waals surface area contributed by atoms with Gasteiger partial charge in [-0.25, -0.2) is 4.39 Å². The second-order valence-electron chi connectivity index (χ2n) is 7.68. The number of benzene rings is 2. The van der Waals surface area contributed by atoms with Crippen LogP contribution in [0.25, 0.3) is 11.4 Å². The first-order valence-corrected chi connectivity index (χ1v) is 10.2. The van der Waals surface area contributed by atoms with E-state index in [9.17, 15) is 9.18 Å². The third-order valence-corrected chi connectivity index (χ3v) is 5.46. The van der Waals surface area contributed by atoms with Gasteiger partial charge in [0.05, 0.1) is 5.69 Å². The van der Waals surface area contributed by atoms with Gasteiger partial charge in [0.1, 0.15) is 17.4 Å². The van der Waals surface area contributed by atoms with E-state index in [2.05, 4.69) is 20.1 Å². The largest absolute Gasteiger partial charge is 0.484 e. The number of hydrogen-bond acceptors (Lipinski definition) is 4. The van der Waals surface area contributed by atoms with Gasteiger partial charge in [-0.15, -0.1) is 10.2 Å². The Hall–Kier alpha value is -3.22. The van der Waals surface area contributed by atoms with Crippen LogP contribution >= 0.6 is 0 Å². The molecule has 6 nitrogen and oxygen atoms in total. The molecule has 0 bridgehead atoms. The fourth-order valence-electron chi connectivity index (χ4n) is 3.60. The average molecular weight is 408 g/mol. The van der Waals surface area contributed by atoms with Crippen LogP contribution < -0.4 is 10.1 Å². The van der Waals surface area contributed by atoms with Gasteiger partial charge in [-0.1, -0.05) is 12.5 Å². The van der Waals surface area contributed by atoms with Crippen molar-refractivity contribution in [3.8, 4) is 17.1 Å². The number of carbonyl (C=O) groups is 1. The molecule has 4 rings (SSSR count). The lowest BCUT2D eigenvalue weighted by Crippen LogP contribution is -2.21. The molecule has 1 N–H and O–H groups in total. The fourth-order valence-corrected chi connectivity index (χ4v) is 3.60. The highest BCUT2D eigenvalue weighted by atomic mass is 19.1. The molecule has 156 valence electrons. The van der Waals surface area contributed by atoms with Crippen molar-refractivity contribution < 1.29 is 13.9 Å². The van der Waals surface area contributed by atoms with E-state index in [-0.39, 0.29) is 12.3 Å². The minimum Gasteiger partial charge on any atom is -0.484 e. The smallest absolute Gasteiger partial charge is 0.262 e. The van der Waals surface area contributed by atoms with E-state index in [1.807, 2.05) is 32.0 Å². The van der Waals surface area contributed by atoms with E-state index in [0.29, 0.717) is 11.6 Å². The Balaban J connectivity index is 1.48. The van der Waals surface area contributed by atoms with Crippen LogP contribution in [0.15, 0.2) is 36.4 Å². The van der Waals surface area contributed by atoms with Crippen LogP contribution in [-0.4, -0.2) is 27.3 Å². The van der Waals surface area contributed by atoms with Gasteiger partial charge in [0.15, 0.2) is 12.4 Å². The van der Waals surface area contributed by atoms with Crippen molar-refractivity contribution in [1.29, 1.82) is 0 Å². The van der Waals surface area contributed by atoms with Crippen LogP contribution in [-0.2, 0) is 17.8 Å². The van der Waals surface area contributed by atoms with Crippen molar-refractivity contribution in [3.63, 3.8) is 0 Å². The zero-order chi connectivity index (χ0) is 21.1. The minimum absolute atomic E-state index is 0.104. The lowest BCUT2D eigenvalue weighted by Gasteiger charge is -2.11. The molecule has 0 unspecified atom stereocenters. The molecule has 2 heterocycles. The molecule has 7 heteroatoms. The molecular formula is C23H25FN4O2.